The summed E-state index contributed by atoms with van der Waals surface area (Å²) < 4.78 is 10.7. The highest BCUT2D eigenvalue weighted by Crippen LogP contribution is 2.20. The first-order valence-corrected chi connectivity index (χ1v) is 10.7. The third-order valence-electron chi connectivity index (χ3n) is 5.52. The van der Waals surface area contributed by atoms with E-state index in [-0.39, 0.29) is 11.9 Å². The summed E-state index contributed by atoms with van der Waals surface area (Å²) in [6.45, 7) is 8.57. The van der Waals surface area contributed by atoms with Crippen molar-refractivity contribution in [2.75, 3.05) is 32.8 Å². The Labute approximate surface area is 182 Å². The minimum Gasteiger partial charge on any atom is -0.379 e. The Hall–Kier alpha value is -3.03. The number of aromatic nitrogens is 2. The Morgan fingerprint density at radius 1 is 1.10 bits per heavy atom. The Morgan fingerprint density at radius 2 is 1.81 bits per heavy atom. The third kappa shape index (κ3) is 5.37. The second kappa shape index (κ2) is 9.85. The summed E-state index contributed by atoms with van der Waals surface area (Å²) in [6.07, 6.45) is 0. The molecule has 3 aromatic rings. The van der Waals surface area contributed by atoms with Crippen LogP contribution in [0, 0.1) is 6.92 Å². The van der Waals surface area contributed by atoms with Gasteiger partial charge in [-0.3, -0.25) is 9.69 Å². The maximum absolute atomic E-state index is 13.5. The number of hydrogen-bond acceptors (Lipinski definition) is 6. The lowest BCUT2D eigenvalue weighted by molar-refractivity contribution is 0.0228. The number of hydrogen-bond donors (Lipinski definition) is 0. The van der Waals surface area contributed by atoms with E-state index in [0.717, 1.165) is 44.0 Å². The number of benzene rings is 2. The molecule has 1 saturated heterocycles. The van der Waals surface area contributed by atoms with Gasteiger partial charge in [-0.05, 0) is 43.7 Å². The molecule has 0 radical (unpaired) electrons. The van der Waals surface area contributed by atoms with Crippen molar-refractivity contribution >= 4 is 5.91 Å². The topological polar surface area (TPSA) is 71.7 Å². The first-order valence-electron chi connectivity index (χ1n) is 10.7. The predicted octanol–water partition coefficient (Wildman–Crippen LogP) is 3.41. The summed E-state index contributed by atoms with van der Waals surface area (Å²) in [4.78, 5) is 22.1. The molecule has 1 fully saturated rings. The average molecular weight is 421 g/mol. The van der Waals surface area contributed by atoms with Gasteiger partial charge in [0, 0.05) is 43.3 Å². The number of morpholine rings is 1. The Balaban J connectivity index is 1.53. The van der Waals surface area contributed by atoms with Gasteiger partial charge in [0.15, 0.2) is 5.82 Å². The van der Waals surface area contributed by atoms with Gasteiger partial charge in [0.2, 0.25) is 0 Å². The molecule has 7 nitrogen and oxygen atoms in total. The average Bonchev–Trinajstić information content (AvgIpc) is 3.25. The molecule has 7 heteroatoms. The van der Waals surface area contributed by atoms with Crippen molar-refractivity contribution in [2.45, 2.75) is 26.4 Å². The lowest BCUT2D eigenvalue weighted by Crippen LogP contribution is -2.47. The minimum absolute atomic E-state index is 0.0119. The van der Waals surface area contributed by atoms with Crippen LogP contribution >= 0.6 is 0 Å². The molecule has 0 aliphatic carbocycles. The molecule has 0 bridgehead atoms. The van der Waals surface area contributed by atoms with Crippen LogP contribution in [0.3, 0.4) is 0 Å². The fourth-order valence-electron chi connectivity index (χ4n) is 3.80. The molecule has 1 aliphatic rings. The number of carbonyl (C=O) groups is 1. The summed E-state index contributed by atoms with van der Waals surface area (Å²) >= 11 is 0. The van der Waals surface area contributed by atoms with Crippen LogP contribution in [0.2, 0.25) is 0 Å². The van der Waals surface area contributed by atoms with E-state index in [0.29, 0.717) is 23.8 Å². The molecular formula is C24H28N4O3. The summed E-state index contributed by atoms with van der Waals surface area (Å²) in [5.74, 6) is 1.05. The van der Waals surface area contributed by atoms with Gasteiger partial charge in [-0.25, -0.2) is 0 Å². The van der Waals surface area contributed by atoms with E-state index in [1.54, 1.807) is 6.92 Å². The molecule has 0 spiro atoms. The quantitative estimate of drug-likeness (QED) is 0.583. The highest BCUT2D eigenvalue weighted by Gasteiger charge is 2.24. The number of aryl methyl sites for hydroxylation is 1. The molecule has 162 valence electrons. The van der Waals surface area contributed by atoms with Crippen LogP contribution in [0.1, 0.15) is 28.7 Å². The number of carbonyl (C=O) groups excluding carboxylic acids is 1. The van der Waals surface area contributed by atoms with Crippen molar-refractivity contribution in [3.8, 4) is 11.5 Å². The molecule has 4 rings (SSSR count). The monoisotopic (exact) mass is 420 g/mol. The number of rotatable bonds is 7. The van der Waals surface area contributed by atoms with Crippen LogP contribution in [0.15, 0.2) is 59.1 Å². The molecule has 1 unspecified atom stereocenters. The Kier molecular flexibility index (Phi) is 6.74. The molecule has 31 heavy (non-hydrogen) atoms. The Morgan fingerprint density at radius 3 is 2.45 bits per heavy atom. The maximum atomic E-state index is 13.5. The van der Waals surface area contributed by atoms with E-state index in [9.17, 15) is 4.79 Å². The van der Waals surface area contributed by atoms with E-state index in [1.165, 1.54) is 0 Å². The smallest absolute Gasteiger partial charge is 0.257 e. The predicted molar refractivity (Wildman–Crippen MR) is 118 cm³/mol. The summed E-state index contributed by atoms with van der Waals surface area (Å²) in [6, 6.07) is 17.5. The molecule has 2 heterocycles. The van der Waals surface area contributed by atoms with Crippen molar-refractivity contribution in [1.29, 1.82) is 0 Å². The summed E-state index contributed by atoms with van der Waals surface area (Å²) in [5.41, 5.74) is 2.56. The molecule has 1 aliphatic heterocycles. The van der Waals surface area contributed by atoms with Crippen molar-refractivity contribution in [3.63, 3.8) is 0 Å². The lowest BCUT2D eigenvalue weighted by Gasteiger charge is -2.35. The first kappa shape index (κ1) is 21.2. The van der Waals surface area contributed by atoms with Crippen molar-refractivity contribution in [1.82, 2.24) is 19.9 Å². The maximum Gasteiger partial charge on any atom is 0.257 e. The molecular weight excluding hydrogens is 392 g/mol. The molecule has 1 atom stereocenters. The van der Waals surface area contributed by atoms with Gasteiger partial charge in [0.05, 0.1) is 13.2 Å². The van der Waals surface area contributed by atoms with E-state index < -0.39 is 0 Å². The van der Waals surface area contributed by atoms with Crippen molar-refractivity contribution < 1.29 is 14.1 Å². The molecule has 0 saturated carbocycles. The zero-order valence-corrected chi connectivity index (χ0v) is 18.0. The van der Waals surface area contributed by atoms with Gasteiger partial charge in [0.1, 0.15) is 0 Å². The van der Waals surface area contributed by atoms with Crippen LogP contribution in [0.4, 0.5) is 0 Å². The van der Waals surface area contributed by atoms with E-state index in [1.807, 2.05) is 47.4 Å². The minimum atomic E-state index is 0.0119. The molecule has 1 aromatic heterocycles. The standard InChI is InChI=1S/C24H28N4O3/c1-18(16-27-12-14-30-15-13-27)28(17-20-6-4-3-5-7-20)24(29)22-10-8-21(9-11-22)23-25-19(2)26-31-23/h3-11,18H,12-17H2,1-2H3. The van der Waals surface area contributed by atoms with Crippen molar-refractivity contribution in [2.24, 2.45) is 0 Å². The second-order valence-electron chi connectivity index (χ2n) is 7.90. The molecule has 1 amide bonds. The summed E-state index contributed by atoms with van der Waals surface area (Å²) in [5, 5.41) is 3.83. The van der Waals surface area contributed by atoms with E-state index in [4.69, 9.17) is 9.26 Å². The van der Waals surface area contributed by atoms with Gasteiger partial charge in [-0.1, -0.05) is 35.5 Å². The van der Waals surface area contributed by atoms with Gasteiger partial charge >= 0.3 is 0 Å². The molecule has 0 N–H and O–H groups in total. The Bertz CT molecular complexity index is 982. The van der Waals surface area contributed by atoms with Gasteiger partial charge < -0.3 is 14.2 Å². The van der Waals surface area contributed by atoms with Gasteiger partial charge in [0.25, 0.3) is 11.8 Å². The highest BCUT2D eigenvalue weighted by atomic mass is 16.5. The lowest BCUT2D eigenvalue weighted by atomic mass is 10.1. The first-order chi connectivity index (χ1) is 15.1. The van der Waals surface area contributed by atoms with Gasteiger partial charge in [-0.2, -0.15) is 4.98 Å². The number of amides is 1. The fourth-order valence-corrected chi connectivity index (χ4v) is 3.80. The van der Waals surface area contributed by atoms with Gasteiger partial charge in [-0.15, -0.1) is 0 Å². The zero-order valence-electron chi connectivity index (χ0n) is 18.0. The zero-order chi connectivity index (χ0) is 21.6. The normalized spacial score (nSPS) is 15.5. The fraction of sp³-hybridized carbons (Fsp3) is 0.375. The van der Waals surface area contributed by atoms with Crippen LogP contribution in [0.5, 0.6) is 0 Å². The number of ether oxygens (including phenoxy) is 1. The SMILES string of the molecule is Cc1noc(-c2ccc(C(=O)N(Cc3ccccc3)C(C)CN3CCOCC3)cc2)n1. The highest BCUT2D eigenvalue weighted by molar-refractivity contribution is 5.94. The van der Waals surface area contributed by atoms with Crippen molar-refractivity contribution in [3.05, 3.63) is 71.5 Å². The third-order valence-corrected chi connectivity index (χ3v) is 5.52. The van der Waals surface area contributed by atoms with Crippen LogP contribution < -0.4 is 0 Å². The van der Waals surface area contributed by atoms with Crippen LogP contribution in [0.25, 0.3) is 11.5 Å². The summed E-state index contributed by atoms with van der Waals surface area (Å²) in [7, 11) is 0. The van der Waals surface area contributed by atoms with E-state index >= 15 is 0 Å². The second-order valence-corrected chi connectivity index (χ2v) is 7.90. The van der Waals surface area contributed by atoms with E-state index in [2.05, 4.69) is 34.1 Å². The van der Waals surface area contributed by atoms with Crippen LogP contribution in [-0.2, 0) is 11.3 Å². The van der Waals surface area contributed by atoms with Crippen LogP contribution in [-0.4, -0.2) is 64.7 Å². The largest absolute Gasteiger partial charge is 0.379 e. The molecule has 2 aromatic carbocycles. The number of nitrogens with zero attached hydrogens (tertiary/aromatic N) is 4.